The molecule has 0 heterocycles. The van der Waals surface area contributed by atoms with Gasteiger partial charge in [-0.3, -0.25) is 0 Å². The Labute approximate surface area is 286 Å². The Morgan fingerprint density at radius 2 is 0.796 bits per heavy atom. The van der Waals surface area contributed by atoms with Gasteiger partial charge in [0.2, 0.25) is 0 Å². The third kappa shape index (κ3) is 4.17. The minimum Gasteiger partial charge on any atom is -0.0619 e. The molecule has 10 rings (SSSR count). The summed E-state index contributed by atoms with van der Waals surface area (Å²) in [6.07, 6.45) is 0. The molecule has 1 aliphatic rings. The van der Waals surface area contributed by atoms with Gasteiger partial charge in [-0.05, 0) is 123 Å². The van der Waals surface area contributed by atoms with Crippen molar-refractivity contribution in [2.45, 2.75) is 19.3 Å². The van der Waals surface area contributed by atoms with Crippen molar-refractivity contribution >= 4 is 43.1 Å². The summed E-state index contributed by atoms with van der Waals surface area (Å²) in [5.41, 5.74) is 13.1. The Hall–Kier alpha value is -5.98. The fourth-order valence-electron chi connectivity index (χ4n) is 8.68. The van der Waals surface area contributed by atoms with Gasteiger partial charge in [-0.1, -0.05) is 159 Å². The molecule has 0 aliphatic heterocycles. The summed E-state index contributed by atoms with van der Waals surface area (Å²) in [6, 6.07) is 63.3. The minimum atomic E-state index is -0.0149. The molecular formula is C49H34. The van der Waals surface area contributed by atoms with Gasteiger partial charge in [-0.2, -0.15) is 0 Å². The standard InChI is InChI=1S/C49H34/c1-49(2)45-22-12-11-17-38(45)44-29-34(25-26-46(44)49)43-30-36(28-33-15-5-6-16-37(33)43)48-41-20-9-7-18-39(41)47(40-19-8-10-21-42(40)48)35-24-23-31-13-3-4-14-32(31)27-35/h3-30H,1-2H3. The first kappa shape index (κ1) is 28.1. The number of fused-ring (bicyclic) bond motifs is 7. The molecule has 0 fully saturated rings. The Bertz CT molecular complexity index is 2740. The van der Waals surface area contributed by atoms with Gasteiger partial charge in [-0.15, -0.1) is 0 Å². The van der Waals surface area contributed by atoms with Crippen LogP contribution in [0.2, 0.25) is 0 Å². The van der Waals surface area contributed by atoms with Crippen molar-refractivity contribution in [1.29, 1.82) is 0 Å². The highest BCUT2D eigenvalue weighted by Gasteiger charge is 2.35. The third-order valence-electron chi connectivity index (χ3n) is 11.0. The first-order valence-corrected chi connectivity index (χ1v) is 17.3. The molecule has 0 heteroatoms. The van der Waals surface area contributed by atoms with Crippen LogP contribution < -0.4 is 0 Å². The summed E-state index contributed by atoms with van der Waals surface area (Å²) in [4.78, 5) is 0. The lowest BCUT2D eigenvalue weighted by Crippen LogP contribution is -2.14. The van der Waals surface area contributed by atoms with Gasteiger partial charge in [-0.25, -0.2) is 0 Å². The Morgan fingerprint density at radius 1 is 0.306 bits per heavy atom. The maximum absolute atomic E-state index is 2.44. The molecule has 0 amide bonds. The summed E-state index contributed by atoms with van der Waals surface area (Å²) in [7, 11) is 0. The van der Waals surface area contributed by atoms with Crippen molar-refractivity contribution < 1.29 is 0 Å². The quantitative estimate of drug-likeness (QED) is 0.172. The van der Waals surface area contributed by atoms with E-state index in [1.54, 1.807) is 0 Å². The lowest BCUT2D eigenvalue weighted by molar-refractivity contribution is 0.660. The van der Waals surface area contributed by atoms with E-state index in [4.69, 9.17) is 0 Å². The zero-order valence-corrected chi connectivity index (χ0v) is 27.7. The van der Waals surface area contributed by atoms with Crippen LogP contribution in [0.3, 0.4) is 0 Å². The maximum Gasteiger partial charge on any atom is 0.0158 e. The van der Waals surface area contributed by atoms with Crippen LogP contribution in [0.5, 0.6) is 0 Å². The Morgan fingerprint density at radius 3 is 1.51 bits per heavy atom. The highest BCUT2D eigenvalue weighted by molar-refractivity contribution is 6.22. The van der Waals surface area contributed by atoms with Gasteiger partial charge >= 0.3 is 0 Å². The zero-order chi connectivity index (χ0) is 32.7. The number of hydrogen-bond donors (Lipinski definition) is 0. The average molecular weight is 623 g/mol. The van der Waals surface area contributed by atoms with Crippen molar-refractivity contribution in [1.82, 2.24) is 0 Å². The molecule has 0 nitrogen and oxygen atoms in total. The zero-order valence-electron chi connectivity index (χ0n) is 27.7. The molecule has 9 aromatic carbocycles. The SMILES string of the molecule is CC1(C)c2ccccc2-c2cc(-c3cc(-c4c5ccccc5c(-c5ccc6ccccc6c5)c5ccccc45)cc4ccccc34)ccc21. The van der Waals surface area contributed by atoms with Crippen LogP contribution in [0.15, 0.2) is 170 Å². The minimum absolute atomic E-state index is 0.0149. The summed E-state index contributed by atoms with van der Waals surface area (Å²) >= 11 is 0. The third-order valence-corrected chi connectivity index (χ3v) is 11.0. The van der Waals surface area contributed by atoms with Crippen molar-refractivity contribution in [3.05, 3.63) is 181 Å². The van der Waals surface area contributed by atoms with Gasteiger partial charge in [0.1, 0.15) is 0 Å². The molecule has 0 bridgehead atoms. The first-order valence-electron chi connectivity index (χ1n) is 17.3. The molecule has 49 heavy (non-hydrogen) atoms. The maximum atomic E-state index is 2.44. The van der Waals surface area contributed by atoms with E-state index >= 15 is 0 Å². The van der Waals surface area contributed by atoms with Gasteiger partial charge in [0.05, 0.1) is 0 Å². The smallest absolute Gasteiger partial charge is 0.0158 e. The van der Waals surface area contributed by atoms with E-state index in [-0.39, 0.29) is 5.41 Å². The van der Waals surface area contributed by atoms with E-state index in [1.807, 2.05) is 0 Å². The van der Waals surface area contributed by atoms with Crippen LogP contribution in [0, 0.1) is 0 Å². The molecule has 0 spiro atoms. The number of hydrogen-bond acceptors (Lipinski definition) is 0. The summed E-state index contributed by atoms with van der Waals surface area (Å²) in [5, 5.41) is 10.2. The van der Waals surface area contributed by atoms with Crippen LogP contribution in [-0.4, -0.2) is 0 Å². The van der Waals surface area contributed by atoms with Gasteiger partial charge in [0.15, 0.2) is 0 Å². The summed E-state index contributed by atoms with van der Waals surface area (Å²) < 4.78 is 0. The molecule has 0 atom stereocenters. The first-order chi connectivity index (χ1) is 24.1. The second-order valence-electron chi connectivity index (χ2n) is 14.1. The van der Waals surface area contributed by atoms with Crippen molar-refractivity contribution in [3.8, 4) is 44.5 Å². The molecule has 1 aliphatic carbocycles. The van der Waals surface area contributed by atoms with E-state index in [2.05, 4.69) is 184 Å². The van der Waals surface area contributed by atoms with Crippen LogP contribution in [0.1, 0.15) is 25.0 Å². The molecule has 9 aromatic rings. The molecule has 0 aromatic heterocycles. The van der Waals surface area contributed by atoms with Crippen molar-refractivity contribution in [2.75, 3.05) is 0 Å². The average Bonchev–Trinajstić information content (AvgIpc) is 3.38. The van der Waals surface area contributed by atoms with E-state index in [9.17, 15) is 0 Å². The van der Waals surface area contributed by atoms with Crippen LogP contribution in [0.4, 0.5) is 0 Å². The van der Waals surface area contributed by atoms with Gasteiger partial charge < -0.3 is 0 Å². The summed E-state index contributed by atoms with van der Waals surface area (Å²) in [6.45, 7) is 4.70. The van der Waals surface area contributed by atoms with Crippen molar-refractivity contribution in [2.24, 2.45) is 0 Å². The van der Waals surface area contributed by atoms with E-state index < -0.39 is 0 Å². The van der Waals surface area contributed by atoms with Crippen LogP contribution in [-0.2, 0) is 5.41 Å². The predicted molar refractivity (Wildman–Crippen MR) is 210 cm³/mol. The van der Waals surface area contributed by atoms with Crippen molar-refractivity contribution in [3.63, 3.8) is 0 Å². The Kier molecular flexibility index (Phi) is 6.02. The lowest BCUT2D eigenvalue weighted by Gasteiger charge is -2.21. The van der Waals surface area contributed by atoms with E-state index in [0.29, 0.717) is 0 Å². The van der Waals surface area contributed by atoms with Gasteiger partial charge in [0, 0.05) is 5.41 Å². The molecule has 230 valence electrons. The lowest BCUT2D eigenvalue weighted by atomic mass is 9.82. The van der Waals surface area contributed by atoms with E-state index in [1.165, 1.54) is 98.7 Å². The second kappa shape index (κ2) is 10.5. The van der Waals surface area contributed by atoms with Crippen LogP contribution >= 0.6 is 0 Å². The molecule has 0 saturated heterocycles. The summed E-state index contributed by atoms with van der Waals surface area (Å²) in [5.74, 6) is 0. The monoisotopic (exact) mass is 622 g/mol. The molecule has 0 saturated carbocycles. The Balaban J connectivity index is 1.25. The van der Waals surface area contributed by atoms with Gasteiger partial charge in [0.25, 0.3) is 0 Å². The highest BCUT2D eigenvalue weighted by Crippen LogP contribution is 2.51. The molecule has 0 N–H and O–H groups in total. The van der Waals surface area contributed by atoms with Crippen LogP contribution in [0.25, 0.3) is 87.6 Å². The van der Waals surface area contributed by atoms with E-state index in [0.717, 1.165) is 0 Å². The number of benzene rings is 9. The molecular weight excluding hydrogens is 589 g/mol. The molecule has 0 radical (unpaired) electrons. The fourth-order valence-corrected chi connectivity index (χ4v) is 8.68. The second-order valence-corrected chi connectivity index (χ2v) is 14.1. The normalized spacial score (nSPS) is 13.3. The highest BCUT2D eigenvalue weighted by atomic mass is 14.4. The fraction of sp³-hybridized carbons (Fsp3) is 0.0612. The topological polar surface area (TPSA) is 0 Å². The molecule has 0 unspecified atom stereocenters. The largest absolute Gasteiger partial charge is 0.0619 e. The number of rotatable bonds is 3. The predicted octanol–water partition coefficient (Wildman–Crippen LogP) is 13.6.